The molecule has 0 unspecified atom stereocenters. The van der Waals surface area contributed by atoms with Crippen LogP contribution in [0.15, 0.2) is 36.8 Å². The molecule has 0 atom stereocenters. The Hall–Kier alpha value is -2.38. The van der Waals surface area contributed by atoms with E-state index in [1.807, 2.05) is 0 Å². The zero-order chi connectivity index (χ0) is 17.6. The van der Waals surface area contributed by atoms with Crippen LogP contribution in [0.1, 0.15) is 0 Å². The van der Waals surface area contributed by atoms with E-state index in [9.17, 15) is 4.79 Å². The zero-order valence-electron chi connectivity index (χ0n) is 14.0. The molecule has 132 valence electrons. The summed E-state index contributed by atoms with van der Waals surface area (Å²) in [6.45, 7) is 3.52. The number of hydrogen-bond acceptors (Lipinski definition) is 6. The predicted octanol–water partition coefficient (Wildman–Crippen LogP) is 1.90. The second kappa shape index (κ2) is 8.13. The Balaban J connectivity index is 1.52. The number of nitrogens with one attached hydrogen (secondary N) is 1. The van der Waals surface area contributed by atoms with Gasteiger partial charge >= 0.3 is 0 Å². The van der Waals surface area contributed by atoms with Crippen LogP contribution in [0.5, 0.6) is 5.75 Å². The highest BCUT2D eigenvalue weighted by Crippen LogP contribution is 2.27. The number of rotatable bonds is 5. The molecule has 1 saturated heterocycles. The molecule has 0 radical (unpaired) electrons. The van der Waals surface area contributed by atoms with Gasteiger partial charge in [0.25, 0.3) is 0 Å². The lowest BCUT2D eigenvalue weighted by atomic mass is 10.2. The van der Waals surface area contributed by atoms with E-state index < -0.39 is 0 Å². The van der Waals surface area contributed by atoms with Crippen molar-refractivity contribution in [2.45, 2.75) is 0 Å². The molecule has 2 aromatic rings. The largest absolute Gasteiger partial charge is 0.495 e. The second-order valence-electron chi connectivity index (χ2n) is 5.72. The van der Waals surface area contributed by atoms with E-state index in [-0.39, 0.29) is 5.91 Å². The van der Waals surface area contributed by atoms with Crippen molar-refractivity contribution >= 4 is 29.0 Å². The summed E-state index contributed by atoms with van der Waals surface area (Å²) in [5.41, 5.74) is 0.582. The molecule has 7 nitrogen and oxygen atoms in total. The average Bonchev–Trinajstić information content (AvgIpc) is 2.63. The number of piperazine rings is 1. The van der Waals surface area contributed by atoms with Gasteiger partial charge in [0, 0.05) is 43.6 Å². The van der Waals surface area contributed by atoms with Crippen molar-refractivity contribution in [3.63, 3.8) is 0 Å². The number of halogens is 1. The summed E-state index contributed by atoms with van der Waals surface area (Å²) in [6.07, 6.45) is 5.11. The topological polar surface area (TPSA) is 70.6 Å². The Labute approximate surface area is 151 Å². The Kier molecular flexibility index (Phi) is 5.67. The highest BCUT2D eigenvalue weighted by atomic mass is 35.5. The van der Waals surface area contributed by atoms with Crippen molar-refractivity contribution in [2.24, 2.45) is 0 Å². The number of carbonyl (C=O) groups is 1. The van der Waals surface area contributed by atoms with Gasteiger partial charge in [0.05, 0.1) is 25.5 Å². The van der Waals surface area contributed by atoms with Crippen LogP contribution in [0.3, 0.4) is 0 Å². The molecule has 8 heteroatoms. The fraction of sp³-hybridized carbons (Fsp3) is 0.353. The Morgan fingerprint density at radius 3 is 2.76 bits per heavy atom. The monoisotopic (exact) mass is 361 g/mol. The number of carbonyl (C=O) groups excluding carboxylic acids is 1. The third-order valence-electron chi connectivity index (χ3n) is 4.05. The lowest BCUT2D eigenvalue weighted by molar-refractivity contribution is -0.117. The number of ether oxygens (including phenoxy) is 1. The minimum absolute atomic E-state index is 0.0893. The van der Waals surface area contributed by atoms with E-state index in [1.165, 1.54) is 0 Å². The Morgan fingerprint density at radius 2 is 2.08 bits per heavy atom. The third-order valence-corrected chi connectivity index (χ3v) is 4.28. The quantitative estimate of drug-likeness (QED) is 0.877. The van der Waals surface area contributed by atoms with E-state index in [0.717, 1.165) is 32.0 Å². The van der Waals surface area contributed by atoms with Crippen molar-refractivity contribution in [1.82, 2.24) is 14.9 Å². The maximum absolute atomic E-state index is 12.3. The van der Waals surface area contributed by atoms with Crippen LogP contribution in [0.2, 0.25) is 5.02 Å². The third kappa shape index (κ3) is 4.58. The first-order valence-electron chi connectivity index (χ1n) is 8.02. The zero-order valence-corrected chi connectivity index (χ0v) is 14.7. The van der Waals surface area contributed by atoms with E-state index in [0.29, 0.717) is 23.0 Å². The number of nitrogens with zero attached hydrogens (tertiary/aromatic N) is 4. The van der Waals surface area contributed by atoms with Gasteiger partial charge in [-0.15, -0.1) is 0 Å². The molecule has 1 aliphatic heterocycles. The Morgan fingerprint density at radius 1 is 1.28 bits per heavy atom. The van der Waals surface area contributed by atoms with Gasteiger partial charge in [0.2, 0.25) is 5.91 Å². The summed E-state index contributed by atoms with van der Waals surface area (Å²) in [7, 11) is 1.56. The van der Waals surface area contributed by atoms with Crippen LogP contribution in [-0.4, -0.2) is 60.6 Å². The molecule has 1 aromatic carbocycles. The minimum Gasteiger partial charge on any atom is -0.495 e. The van der Waals surface area contributed by atoms with Gasteiger partial charge in [-0.3, -0.25) is 14.7 Å². The van der Waals surface area contributed by atoms with Crippen molar-refractivity contribution < 1.29 is 9.53 Å². The minimum atomic E-state index is -0.0893. The van der Waals surface area contributed by atoms with Crippen molar-refractivity contribution in [2.75, 3.05) is 50.1 Å². The number of benzene rings is 1. The summed E-state index contributed by atoms with van der Waals surface area (Å²) >= 11 is 5.99. The molecule has 1 aromatic heterocycles. The molecule has 0 saturated carbocycles. The van der Waals surface area contributed by atoms with Crippen LogP contribution >= 0.6 is 11.6 Å². The molecule has 0 aliphatic carbocycles. The molecule has 0 bridgehead atoms. The molecule has 1 amide bonds. The van der Waals surface area contributed by atoms with Crippen LogP contribution in [0.25, 0.3) is 0 Å². The molecule has 1 aliphatic rings. The summed E-state index contributed by atoms with van der Waals surface area (Å²) in [6, 6.07) is 5.14. The van der Waals surface area contributed by atoms with Gasteiger partial charge in [-0.1, -0.05) is 11.6 Å². The van der Waals surface area contributed by atoms with Gasteiger partial charge in [-0.05, 0) is 18.2 Å². The number of hydrogen-bond donors (Lipinski definition) is 1. The molecular weight excluding hydrogens is 342 g/mol. The van der Waals surface area contributed by atoms with Gasteiger partial charge in [-0.2, -0.15) is 0 Å². The molecule has 25 heavy (non-hydrogen) atoms. The van der Waals surface area contributed by atoms with Crippen LogP contribution in [0, 0.1) is 0 Å². The maximum atomic E-state index is 12.3. The highest BCUT2D eigenvalue weighted by molar-refractivity contribution is 6.31. The van der Waals surface area contributed by atoms with Gasteiger partial charge < -0.3 is 15.0 Å². The van der Waals surface area contributed by atoms with Crippen LogP contribution in [-0.2, 0) is 4.79 Å². The molecule has 3 rings (SSSR count). The van der Waals surface area contributed by atoms with Crippen LogP contribution in [0.4, 0.5) is 11.5 Å². The smallest absolute Gasteiger partial charge is 0.238 e. The maximum Gasteiger partial charge on any atom is 0.238 e. The second-order valence-corrected chi connectivity index (χ2v) is 6.16. The first-order chi connectivity index (χ1) is 12.2. The van der Waals surface area contributed by atoms with Crippen molar-refractivity contribution in [1.29, 1.82) is 0 Å². The molecular formula is C17H20ClN5O2. The van der Waals surface area contributed by atoms with Gasteiger partial charge in [0.15, 0.2) is 0 Å². The first-order valence-corrected chi connectivity index (χ1v) is 8.40. The SMILES string of the molecule is COc1ccc(Cl)cc1NC(=O)CN1CCN(c2cnccn2)CC1. The first kappa shape index (κ1) is 17.4. The number of aromatic nitrogens is 2. The van der Waals surface area contributed by atoms with E-state index >= 15 is 0 Å². The molecule has 1 N–H and O–H groups in total. The van der Waals surface area contributed by atoms with E-state index in [4.69, 9.17) is 16.3 Å². The van der Waals surface area contributed by atoms with Crippen molar-refractivity contribution in [3.8, 4) is 5.75 Å². The van der Waals surface area contributed by atoms with E-state index in [1.54, 1.807) is 43.9 Å². The van der Waals surface area contributed by atoms with Crippen LogP contribution < -0.4 is 15.0 Å². The fourth-order valence-electron chi connectivity index (χ4n) is 2.76. The summed E-state index contributed by atoms with van der Waals surface area (Å²) in [5.74, 6) is 1.37. The number of anilines is 2. The number of amides is 1. The fourth-order valence-corrected chi connectivity index (χ4v) is 2.93. The lowest BCUT2D eigenvalue weighted by Crippen LogP contribution is -2.49. The Bertz CT molecular complexity index is 720. The lowest BCUT2D eigenvalue weighted by Gasteiger charge is -2.34. The predicted molar refractivity (Wildman–Crippen MR) is 97.3 cm³/mol. The standard InChI is InChI=1S/C17H20ClN5O2/c1-25-15-3-2-13(18)10-14(15)21-17(24)12-22-6-8-23(9-7-22)16-11-19-4-5-20-16/h2-5,10-11H,6-9,12H2,1H3,(H,21,24). The van der Waals surface area contributed by atoms with E-state index in [2.05, 4.69) is 25.1 Å². The van der Waals surface area contributed by atoms with Gasteiger partial charge in [0.1, 0.15) is 11.6 Å². The summed E-state index contributed by atoms with van der Waals surface area (Å²) in [5, 5.41) is 3.42. The summed E-state index contributed by atoms with van der Waals surface area (Å²) < 4.78 is 5.25. The summed E-state index contributed by atoms with van der Waals surface area (Å²) in [4.78, 5) is 25.0. The molecule has 2 heterocycles. The highest BCUT2D eigenvalue weighted by Gasteiger charge is 2.20. The average molecular weight is 362 g/mol. The van der Waals surface area contributed by atoms with Gasteiger partial charge in [-0.25, -0.2) is 4.98 Å². The molecule has 0 spiro atoms. The normalized spacial score (nSPS) is 15.0. The van der Waals surface area contributed by atoms with Crippen molar-refractivity contribution in [3.05, 3.63) is 41.8 Å². The number of methoxy groups -OCH3 is 1. The molecule has 1 fully saturated rings.